The molecule has 0 spiro atoms. The summed E-state index contributed by atoms with van der Waals surface area (Å²) in [5, 5.41) is 9.20. The zero-order valence-electron chi connectivity index (χ0n) is 10.8. The van der Waals surface area contributed by atoms with Crippen molar-refractivity contribution in [2.75, 3.05) is 0 Å². The van der Waals surface area contributed by atoms with E-state index in [0.717, 1.165) is 16.2 Å². The lowest BCUT2D eigenvalue weighted by atomic mass is 10.2. The summed E-state index contributed by atoms with van der Waals surface area (Å²) in [6.07, 6.45) is 4.17. The van der Waals surface area contributed by atoms with Gasteiger partial charge in [-0.15, -0.1) is 0 Å². The summed E-state index contributed by atoms with van der Waals surface area (Å²) in [5.41, 5.74) is 1.36. The van der Waals surface area contributed by atoms with Gasteiger partial charge in [-0.1, -0.05) is 11.6 Å². The Kier molecular flexibility index (Phi) is 5.36. The minimum atomic E-state index is -1.03. The van der Waals surface area contributed by atoms with Gasteiger partial charge in [0.2, 0.25) is 0 Å². The molecule has 0 atom stereocenters. The van der Waals surface area contributed by atoms with E-state index >= 15 is 0 Å². The van der Waals surface area contributed by atoms with Crippen LogP contribution in [0.4, 0.5) is 0 Å². The van der Waals surface area contributed by atoms with Crippen LogP contribution >= 0.6 is 27.5 Å². The van der Waals surface area contributed by atoms with Crippen LogP contribution in [0.5, 0.6) is 5.75 Å². The van der Waals surface area contributed by atoms with Gasteiger partial charge >= 0.3 is 5.97 Å². The first kappa shape index (κ1) is 15.5. The predicted molar refractivity (Wildman–Crippen MR) is 84.4 cm³/mol. The largest absolute Gasteiger partial charge is 0.487 e. The number of carboxylic acids is 1. The third kappa shape index (κ3) is 4.88. The molecule has 2 aromatic rings. The van der Waals surface area contributed by atoms with Gasteiger partial charge in [-0.05, 0) is 52.3 Å². The molecular formula is C15H11BrClNO3. The van der Waals surface area contributed by atoms with E-state index in [1.807, 2.05) is 12.1 Å². The topological polar surface area (TPSA) is 59.4 Å². The molecular weight excluding hydrogens is 358 g/mol. The van der Waals surface area contributed by atoms with E-state index in [1.165, 1.54) is 6.08 Å². The van der Waals surface area contributed by atoms with Crippen LogP contribution in [0.25, 0.3) is 6.08 Å². The van der Waals surface area contributed by atoms with Crippen molar-refractivity contribution >= 4 is 39.6 Å². The van der Waals surface area contributed by atoms with Gasteiger partial charge in [-0.25, -0.2) is 4.79 Å². The maximum Gasteiger partial charge on any atom is 0.328 e. The number of nitrogens with zero attached hydrogens (tertiary/aromatic N) is 1. The average molecular weight is 369 g/mol. The van der Waals surface area contributed by atoms with Crippen molar-refractivity contribution in [2.45, 2.75) is 6.61 Å². The molecule has 1 heterocycles. The summed E-state index contributed by atoms with van der Waals surface area (Å²) in [6.45, 7) is 0.281. The highest BCUT2D eigenvalue weighted by Gasteiger charge is 2.04. The summed E-state index contributed by atoms with van der Waals surface area (Å²) in [4.78, 5) is 14.8. The second-order valence-corrected chi connectivity index (χ2v) is 5.46. The quantitative estimate of drug-likeness (QED) is 0.805. The van der Waals surface area contributed by atoms with Crippen molar-refractivity contribution in [3.8, 4) is 5.75 Å². The Morgan fingerprint density at radius 3 is 2.86 bits per heavy atom. The molecule has 0 bridgehead atoms. The number of hydrogen-bond donors (Lipinski definition) is 1. The summed E-state index contributed by atoms with van der Waals surface area (Å²) in [7, 11) is 0. The van der Waals surface area contributed by atoms with E-state index in [9.17, 15) is 4.79 Å². The van der Waals surface area contributed by atoms with Crippen LogP contribution in [-0.4, -0.2) is 16.1 Å². The number of pyridine rings is 1. The van der Waals surface area contributed by atoms with Crippen molar-refractivity contribution in [1.29, 1.82) is 0 Å². The van der Waals surface area contributed by atoms with Crippen molar-refractivity contribution in [2.24, 2.45) is 0 Å². The number of aliphatic carboxylic acids is 1. The van der Waals surface area contributed by atoms with Crippen LogP contribution in [-0.2, 0) is 11.4 Å². The van der Waals surface area contributed by atoms with Crippen LogP contribution in [0.1, 0.15) is 11.3 Å². The predicted octanol–water partition coefficient (Wildman–Crippen LogP) is 4.17. The lowest BCUT2D eigenvalue weighted by Crippen LogP contribution is -1.99. The fourth-order valence-electron chi connectivity index (χ4n) is 1.59. The Morgan fingerprint density at radius 1 is 1.38 bits per heavy atom. The van der Waals surface area contributed by atoms with Gasteiger partial charge in [0.05, 0.1) is 5.69 Å². The first-order valence-corrected chi connectivity index (χ1v) is 7.15. The Morgan fingerprint density at radius 2 is 2.19 bits per heavy atom. The number of rotatable bonds is 5. The van der Waals surface area contributed by atoms with Crippen LogP contribution in [0.15, 0.2) is 47.1 Å². The third-order valence-electron chi connectivity index (χ3n) is 2.54. The van der Waals surface area contributed by atoms with Gasteiger partial charge in [-0.3, -0.25) is 4.98 Å². The standard InChI is InChI=1S/C15H11BrClNO3/c16-11-2-4-13(18-8-11)9-21-14-5-3-12(17)7-10(14)1-6-15(19)20/h1-8H,9H2,(H,19,20)/b6-1+. The van der Waals surface area contributed by atoms with E-state index in [1.54, 1.807) is 24.4 Å². The molecule has 0 aliphatic carbocycles. The molecule has 4 nitrogen and oxygen atoms in total. The zero-order valence-corrected chi connectivity index (χ0v) is 13.1. The monoisotopic (exact) mass is 367 g/mol. The molecule has 2 rings (SSSR count). The highest BCUT2D eigenvalue weighted by atomic mass is 79.9. The van der Waals surface area contributed by atoms with Crippen LogP contribution in [0.2, 0.25) is 5.02 Å². The van der Waals surface area contributed by atoms with Crippen molar-refractivity contribution in [3.05, 3.63) is 63.4 Å². The Hall–Kier alpha value is -1.85. The highest BCUT2D eigenvalue weighted by Crippen LogP contribution is 2.25. The fourth-order valence-corrected chi connectivity index (χ4v) is 2.00. The van der Waals surface area contributed by atoms with Gasteiger partial charge < -0.3 is 9.84 Å². The molecule has 0 aliphatic heterocycles. The third-order valence-corrected chi connectivity index (χ3v) is 3.25. The summed E-state index contributed by atoms with van der Waals surface area (Å²) >= 11 is 9.22. The van der Waals surface area contributed by atoms with Crippen molar-refractivity contribution in [3.63, 3.8) is 0 Å². The van der Waals surface area contributed by atoms with Crippen LogP contribution in [0, 0.1) is 0 Å². The Bertz CT molecular complexity index is 671. The fraction of sp³-hybridized carbons (Fsp3) is 0.0667. The molecule has 0 fully saturated rings. The second-order valence-electron chi connectivity index (χ2n) is 4.11. The molecule has 1 aromatic heterocycles. The molecule has 0 aliphatic rings. The molecule has 6 heteroatoms. The zero-order chi connectivity index (χ0) is 15.2. The van der Waals surface area contributed by atoms with E-state index < -0.39 is 5.97 Å². The highest BCUT2D eigenvalue weighted by molar-refractivity contribution is 9.10. The molecule has 108 valence electrons. The van der Waals surface area contributed by atoms with Crippen molar-refractivity contribution < 1.29 is 14.6 Å². The molecule has 0 amide bonds. The molecule has 0 radical (unpaired) electrons. The van der Waals surface area contributed by atoms with Crippen molar-refractivity contribution in [1.82, 2.24) is 4.98 Å². The van der Waals surface area contributed by atoms with Gasteiger partial charge in [0, 0.05) is 27.3 Å². The van der Waals surface area contributed by atoms with Gasteiger partial charge in [0.25, 0.3) is 0 Å². The van der Waals surface area contributed by atoms with Gasteiger partial charge in [0.15, 0.2) is 0 Å². The average Bonchev–Trinajstić information content (AvgIpc) is 2.45. The number of benzene rings is 1. The maximum atomic E-state index is 10.6. The van der Waals surface area contributed by atoms with Crippen LogP contribution in [0.3, 0.4) is 0 Å². The molecule has 21 heavy (non-hydrogen) atoms. The number of carbonyl (C=O) groups is 1. The minimum Gasteiger partial charge on any atom is -0.487 e. The van der Waals surface area contributed by atoms with E-state index in [0.29, 0.717) is 16.3 Å². The summed E-state index contributed by atoms with van der Waals surface area (Å²) in [6, 6.07) is 8.74. The summed E-state index contributed by atoms with van der Waals surface area (Å²) < 4.78 is 6.56. The first-order chi connectivity index (χ1) is 10.0. The normalized spacial score (nSPS) is 10.8. The lowest BCUT2D eigenvalue weighted by Gasteiger charge is -2.09. The van der Waals surface area contributed by atoms with E-state index in [-0.39, 0.29) is 6.61 Å². The number of aromatic nitrogens is 1. The molecule has 1 aromatic carbocycles. The lowest BCUT2D eigenvalue weighted by molar-refractivity contribution is -0.131. The van der Waals surface area contributed by atoms with Crippen LogP contribution < -0.4 is 4.74 Å². The number of carboxylic acid groups (broad SMARTS) is 1. The van der Waals surface area contributed by atoms with Gasteiger partial charge in [0.1, 0.15) is 12.4 Å². The second kappa shape index (κ2) is 7.24. The SMILES string of the molecule is O=C(O)/C=C/c1cc(Cl)ccc1OCc1ccc(Br)cn1. The van der Waals surface area contributed by atoms with E-state index in [4.69, 9.17) is 21.4 Å². The molecule has 0 unspecified atom stereocenters. The van der Waals surface area contributed by atoms with E-state index in [2.05, 4.69) is 20.9 Å². The number of hydrogen-bond acceptors (Lipinski definition) is 3. The molecule has 1 N–H and O–H groups in total. The smallest absolute Gasteiger partial charge is 0.328 e. The number of ether oxygens (including phenoxy) is 1. The molecule has 0 saturated heterocycles. The first-order valence-electron chi connectivity index (χ1n) is 5.98. The summed E-state index contributed by atoms with van der Waals surface area (Å²) in [5.74, 6) is -0.489. The number of halogens is 2. The molecule has 0 saturated carbocycles. The Labute approximate surface area is 135 Å². The minimum absolute atomic E-state index is 0.281. The van der Waals surface area contributed by atoms with Gasteiger partial charge in [-0.2, -0.15) is 0 Å². The maximum absolute atomic E-state index is 10.6. The Balaban J connectivity index is 2.15.